The Morgan fingerprint density at radius 3 is 2.71 bits per heavy atom. The van der Waals surface area contributed by atoms with Gasteiger partial charge in [-0.25, -0.2) is 0 Å². The third-order valence-electron chi connectivity index (χ3n) is 3.06. The number of carbonyl (C=O) groups is 3. The summed E-state index contributed by atoms with van der Waals surface area (Å²) >= 11 is 0. The van der Waals surface area contributed by atoms with Crippen LogP contribution in [0.1, 0.15) is 58.3 Å². The summed E-state index contributed by atoms with van der Waals surface area (Å²) in [6.07, 6.45) is 5.45. The van der Waals surface area contributed by atoms with Crippen LogP contribution in [0, 0.1) is 0 Å². The Bertz CT molecular complexity index is 299. The molecule has 0 heterocycles. The van der Waals surface area contributed by atoms with E-state index in [9.17, 15) is 14.4 Å². The monoisotopic (exact) mass is 239 g/mol. The third kappa shape index (κ3) is 5.11. The molecule has 4 nitrogen and oxygen atoms in total. The van der Waals surface area contributed by atoms with Gasteiger partial charge in [-0.15, -0.1) is 0 Å². The van der Waals surface area contributed by atoms with Crippen molar-refractivity contribution in [2.45, 2.75) is 64.3 Å². The predicted octanol–water partition coefficient (Wildman–Crippen LogP) is 1.76. The van der Waals surface area contributed by atoms with Crippen molar-refractivity contribution in [2.24, 2.45) is 0 Å². The van der Waals surface area contributed by atoms with Gasteiger partial charge in [0.15, 0.2) is 5.78 Å². The Labute approximate surface area is 102 Å². The predicted molar refractivity (Wildman–Crippen MR) is 64.6 cm³/mol. The Kier molecular flexibility index (Phi) is 5.87. The highest BCUT2D eigenvalue weighted by Crippen LogP contribution is 2.14. The maximum absolute atomic E-state index is 11.5. The van der Waals surface area contributed by atoms with E-state index in [2.05, 4.69) is 12.2 Å². The van der Waals surface area contributed by atoms with Crippen LogP contribution in [0.4, 0.5) is 0 Å². The molecule has 0 unspecified atom stereocenters. The molecule has 1 fully saturated rings. The van der Waals surface area contributed by atoms with Crippen LogP contribution in [0.3, 0.4) is 0 Å². The number of nitrogens with one attached hydrogen (secondary N) is 1. The van der Waals surface area contributed by atoms with Crippen LogP contribution in [0.25, 0.3) is 0 Å². The Balaban J connectivity index is 2.20. The average molecular weight is 239 g/mol. The zero-order valence-electron chi connectivity index (χ0n) is 10.5. The Hall–Kier alpha value is -1.19. The van der Waals surface area contributed by atoms with Crippen molar-refractivity contribution in [1.29, 1.82) is 0 Å². The maximum Gasteiger partial charge on any atom is 0.228 e. The van der Waals surface area contributed by atoms with E-state index in [1.54, 1.807) is 0 Å². The number of carbonyl (C=O) groups excluding carboxylic acids is 3. The molecule has 4 heteroatoms. The van der Waals surface area contributed by atoms with Gasteiger partial charge in [0.1, 0.15) is 5.78 Å². The largest absolute Gasteiger partial charge is 0.346 e. The number of hydrogen-bond acceptors (Lipinski definition) is 3. The van der Waals surface area contributed by atoms with Crippen molar-refractivity contribution in [3.8, 4) is 0 Å². The van der Waals surface area contributed by atoms with E-state index in [4.69, 9.17) is 0 Å². The molecule has 0 aromatic carbocycles. The fraction of sp³-hybridized carbons (Fsp3) is 0.769. The number of Topliss-reactive ketones (excluding diaryl/α,β-unsaturated/α-hetero) is 2. The Morgan fingerprint density at radius 1 is 1.35 bits per heavy atom. The summed E-state index contributed by atoms with van der Waals surface area (Å²) in [6.45, 7) is 2.07. The molecule has 1 aliphatic carbocycles. The van der Waals surface area contributed by atoms with Crippen molar-refractivity contribution >= 4 is 17.5 Å². The zero-order chi connectivity index (χ0) is 12.7. The van der Waals surface area contributed by atoms with E-state index in [0.29, 0.717) is 19.3 Å². The maximum atomic E-state index is 11.5. The van der Waals surface area contributed by atoms with Crippen LogP contribution in [0.5, 0.6) is 0 Å². The molecule has 1 aliphatic rings. The number of unbranched alkanes of at least 4 members (excludes halogenated alkanes) is 2. The first-order chi connectivity index (χ1) is 8.13. The molecular weight excluding hydrogens is 218 g/mol. The van der Waals surface area contributed by atoms with Crippen LogP contribution in [-0.4, -0.2) is 23.5 Å². The second-order valence-electron chi connectivity index (χ2n) is 4.65. The smallest absolute Gasteiger partial charge is 0.228 e. The summed E-state index contributed by atoms with van der Waals surface area (Å²) in [5.74, 6) is -0.232. The molecule has 0 aromatic rings. The van der Waals surface area contributed by atoms with Crippen molar-refractivity contribution in [3.05, 3.63) is 0 Å². The molecule has 1 rings (SSSR count). The summed E-state index contributed by atoms with van der Waals surface area (Å²) < 4.78 is 0. The molecule has 17 heavy (non-hydrogen) atoms. The second kappa shape index (κ2) is 7.20. The summed E-state index contributed by atoms with van der Waals surface area (Å²) in [4.78, 5) is 34.2. The molecule has 0 bridgehead atoms. The number of amides is 1. The quantitative estimate of drug-likeness (QED) is 0.544. The lowest BCUT2D eigenvalue weighted by Gasteiger charge is -2.10. The summed E-state index contributed by atoms with van der Waals surface area (Å²) in [7, 11) is 0. The van der Waals surface area contributed by atoms with Gasteiger partial charge in [0.05, 0.1) is 12.5 Å². The van der Waals surface area contributed by atoms with Crippen LogP contribution < -0.4 is 5.32 Å². The highest BCUT2D eigenvalue weighted by molar-refractivity contribution is 6.00. The lowest BCUT2D eigenvalue weighted by molar-refractivity contribution is -0.131. The number of rotatable bonds is 7. The summed E-state index contributed by atoms with van der Waals surface area (Å²) in [5, 5.41) is 2.64. The fourth-order valence-corrected chi connectivity index (χ4v) is 2.05. The van der Waals surface area contributed by atoms with Gasteiger partial charge in [-0.05, 0) is 19.3 Å². The van der Waals surface area contributed by atoms with E-state index in [1.165, 1.54) is 0 Å². The molecule has 1 saturated carbocycles. The highest BCUT2D eigenvalue weighted by Gasteiger charge is 2.26. The lowest BCUT2D eigenvalue weighted by Crippen LogP contribution is -2.38. The lowest BCUT2D eigenvalue weighted by atomic mass is 10.1. The van der Waals surface area contributed by atoms with Crippen molar-refractivity contribution in [2.75, 3.05) is 0 Å². The minimum absolute atomic E-state index is 0.0265. The van der Waals surface area contributed by atoms with E-state index in [1.807, 2.05) is 0 Å². The molecule has 0 spiro atoms. The van der Waals surface area contributed by atoms with Crippen LogP contribution in [-0.2, 0) is 14.4 Å². The van der Waals surface area contributed by atoms with Gasteiger partial charge in [-0.1, -0.05) is 19.8 Å². The van der Waals surface area contributed by atoms with Crippen molar-refractivity contribution in [1.82, 2.24) is 5.32 Å². The molecule has 1 atom stereocenters. The second-order valence-corrected chi connectivity index (χ2v) is 4.65. The minimum atomic E-state index is -0.342. The molecule has 1 amide bonds. The number of hydrogen-bond donors (Lipinski definition) is 1. The van der Waals surface area contributed by atoms with Gasteiger partial charge >= 0.3 is 0 Å². The first-order valence-electron chi connectivity index (χ1n) is 6.47. The third-order valence-corrected chi connectivity index (χ3v) is 3.06. The molecule has 96 valence electrons. The molecular formula is C13H21NO3. The van der Waals surface area contributed by atoms with E-state index >= 15 is 0 Å². The minimum Gasteiger partial charge on any atom is -0.346 e. The SMILES string of the molecule is CCCCCC(=O)CC(=O)N[C@H]1CCCC1=O. The van der Waals surface area contributed by atoms with Gasteiger partial charge < -0.3 is 5.32 Å². The topological polar surface area (TPSA) is 63.2 Å². The van der Waals surface area contributed by atoms with Gasteiger partial charge in [0.25, 0.3) is 0 Å². The standard InChI is InChI=1S/C13H21NO3/c1-2-3-4-6-10(15)9-13(17)14-11-7-5-8-12(11)16/h11H,2-9H2,1H3,(H,14,17)/t11-/m0/s1. The van der Waals surface area contributed by atoms with Crippen LogP contribution >= 0.6 is 0 Å². The van der Waals surface area contributed by atoms with Gasteiger partial charge in [0, 0.05) is 12.8 Å². The van der Waals surface area contributed by atoms with E-state index in [-0.39, 0.29) is 29.9 Å². The first-order valence-corrected chi connectivity index (χ1v) is 6.47. The molecule has 0 radical (unpaired) electrons. The van der Waals surface area contributed by atoms with E-state index in [0.717, 1.165) is 25.7 Å². The van der Waals surface area contributed by atoms with Gasteiger partial charge in [0.2, 0.25) is 5.91 Å². The van der Waals surface area contributed by atoms with E-state index < -0.39 is 0 Å². The average Bonchev–Trinajstić information content (AvgIpc) is 2.64. The van der Waals surface area contributed by atoms with Crippen molar-refractivity contribution in [3.63, 3.8) is 0 Å². The summed E-state index contributed by atoms with van der Waals surface area (Å²) in [6, 6.07) is -0.342. The molecule has 1 N–H and O–H groups in total. The van der Waals surface area contributed by atoms with Crippen LogP contribution in [0.15, 0.2) is 0 Å². The fourth-order valence-electron chi connectivity index (χ4n) is 2.05. The zero-order valence-corrected chi connectivity index (χ0v) is 10.5. The van der Waals surface area contributed by atoms with Gasteiger partial charge in [-0.2, -0.15) is 0 Å². The molecule has 0 aliphatic heterocycles. The molecule has 0 saturated heterocycles. The van der Waals surface area contributed by atoms with Crippen molar-refractivity contribution < 1.29 is 14.4 Å². The van der Waals surface area contributed by atoms with Crippen LogP contribution in [0.2, 0.25) is 0 Å². The molecule has 0 aromatic heterocycles. The Morgan fingerprint density at radius 2 is 2.12 bits per heavy atom. The van der Waals surface area contributed by atoms with Gasteiger partial charge in [-0.3, -0.25) is 14.4 Å². The number of ketones is 2. The first kappa shape index (κ1) is 13.9. The highest BCUT2D eigenvalue weighted by atomic mass is 16.2. The normalized spacial score (nSPS) is 19.4. The summed E-state index contributed by atoms with van der Waals surface area (Å²) in [5.41, 5.74) is 0.